The van der Waals surface area contributed by atoms with Crippen molar-refractivity contribution in [1.29, 1.82) is 0 Å². The molecule has 0 radical (unpaired) electrons. The Balaban J connectivity index is 2.08. The normalized spacial score (nSPS) is 18.4. The van der Waals surface area contributed by atoms with Gasteiger partial charge in [0, 0.05) is 10.6 Å². The maximum Gasteiger partial charge on any atom is 0.295 e. The fraction of sp³-hybridized carbons (Fsp3) is 0.333. The highest BCUT2D eigenvalue weighted by Crippen LogP contribution is 2.39. The minimum atomic E-state index is -0.650. The molecule has 1 amide bonds. The number of amides is 1. The van der Waals surface area contributed by atoms with Gasteiger partial charge in [0.25, 0.3) is 11.7 Å². The lowest BCUT2D eigenvalue weighted by Gasteiger charge is -2.27. The van der Waals surface area contributed by atoms with Gasteiger partial charge in [-0.2, -0.15) is 0 Å². The Morgan fingerprint density at radius 3 is 2.20 bits per heavy atom. The average molecular weight is 428 g/mol. The number of ketones is 1. The van der Waals surface area contributed by atoms with Crippen LogP contribution >= 0.6 is 11.6 Å². The van der Waals surface area contributed by atoms with Crippen LogP contribution in [0, 0.1) is 6.92 Å². The number of rotatable bonds is 7. The predicted molar refractivity (Wildman–Crippen MR) is 119 cm³/mol. The first kappa shape index (κ1) is 22.1. The number of halogens is 1. The van der Waals surface area contributed by atoms with E-state index >= 15 is 0 Å². The number of likely N-dealkylation sites (N-methyl/N-ethyl adjacent to an activating group) is 1. The van der Waals surface area contributed by atoms with E-state index in [-0.39, 0.29) is 11.3 Å². The van der Waals surface area contributed by atoms with Gasteiger partial charge in [0.2, 0.25) is 0 Å². The summed E-state index contributed by atoms with van der Waals surface area (Å²) in [5, 5.41) is 11.5. The molecule has 0 aliphatic carbocycles. The first-order valence-electron chi connectivity index (χ1n) is 10.3. The third kappa shape index (κ3) is 4.42. The molecule has 1 aliphatic heterocycles. The Morgan fingerprint density at radius 1 is 1.03 bits per heavy atom. The van der Waals surface area contributed by atoms with E-state index in [1.54, 1.807) is 29.2 Å². The molecule has 1 heterocycles. The maximum absolute atomic E-state index is 13.0. The van der Waals surface area contributed by atoms with E-state index in [1.807, 2.05) is 31.2 Å². The summed E-state index contributed by atoms with van der Waals surface area (Å²) in [5.74, 6) is -1.39. The standard InChI is InChI=1S/C24H27ClN2O3/c1-4-26(5-2)14-15-27-21(17-8-6-16(3)7-9-17)20(23(29)24(27)30)22(28)18-10-12-19(25)13-11-18/h6-13,21,28H,4-5,14-15H2,1-3H3/p+1/t21-/m1/s1. The Kier molecular flexibility index (Phi) is 6.95. The third-order valence-electron chi connectivity index (χ3n) is 5.76. The number of aryl methyl sites for hydroxylation is 1. The number of quaternary nitrogens is 1. The van der Waals surface area contributed by atoms with Crippen LogP contribution in [-0.2, 0) is 9.59 Å². The van der Waals surface area contributed by atoms with Gasteiger partial charge in [0.15, 0.2) is 0 Å². The number of hydrogen-bond donors (Lipinski definition) is 2. The number of nitrogens with one attached hydrogen (secondary N) is 1. The van der Waals surface area contributed by atoms with E-state index in [9.17, 15) is 14.7 Å². The Bertz CT molecular complexity index is 947. The van der Waals surface area contributed by atoms with E-state index in [0.717, 1.165) is 30.8 Å². The Hall–Kier alpha value is -2.63. The second-order valence-corrected chi connectivity index (χ2v) is 8.05. The highest BCUT2D eigenvalue weighted by molar-refractivity contribution is 6.46. The van der Waals surface area contributed by atoms with Gasteiger partial charge in [-0.15, -0.1) is 0 Å². The molecule has 0 aromatic heterocycles. The zero-order valence-corrected chi connectivity index (χ0v) is 18.4. The maximum atomic E-state index is 13.0. The van der Waals surface area contributed by atoms with E-state index in [1.165, 1.54) is 4.90 Å². The van der Waals surface area contributed by atoms with Crippen LogP contribution in [0.3, 0.4) is 0 Å². The number of carbonyl (C=O) groups excluding carboxylic acids is 2. The molecule has 0 unspecified atom stereocenters. The van der Waals surface area contributed by atoms with E-state index in [0.29, 0.717) is 17.1 Å². The SMILES string of the molecule is CC[NH+](CC)CCN1C(=O)C(=O)C(=C(O)c2ccc(Cl)cc2)[C@H]1c1ccc(C)cc1. The second kappa shape index (κ2) is 9.45. The number of nitrogens with zero attached hydrogens (tertiary/aromatic N) is 1. The molecule has 1 aliphatic rings. The zero-order valence-electron chi connectivity index (χ0n) is 17.6. The molecule has 158 valence electrons. The quantitative estimate of drug-likeness (QED) is 0.405. The van der Waals surface area contributed by atoms with Gasteiger partial charge in [0.05, 0.1) is 37.8 Å². The van der Waals surface area contributed by atoms with Crippen LogP contribution < -0.4 is 4.90 Å². The highest BCUT2D eigenvalue weighted by Gasteiger charge is 2.46. The zero-order chi connectivity index (χ0) is 21.8. The highest BCUT2D eigenvalue weighted by atomic mass is 35.5. The smallest absolute Gasteiger partial charge is 0.295 e. The number of hydrogen-bond acceptors (Lipinski definition) is 3. The molecule has 0 spiro atoms. The van der Waals surface area contributed by atoms with Crippen LogP contribution in [0.15, 0.2) is 54.1 Å². The fourth-order valence-corrected chi connectivity index (χ4v) is 3.98. The van der Waals surface area contributed by atoms with Gasteiger partial charge >= 0.3 is 0 Å². The number of aliphatic hydroxyl groups excluding tert-OH is 1. The summed E-state index contributed by atoms with van der Waals surface area (Å²) in [6.07, 6.45) is 0. The number of aliphatic hydroxyl groups is 1. The molecule has 5 nitrogen and oxygen atoms in total. The third-order valence-corrected chi connectivity index (χ3v) is 6.01. The lowest BCUT2D eigenvalue weighted by atomic mass is 9.95. The van der Waals surface area contributed by atoms with Gasteiger partial charge < -0.3 is 14.9 Å². The number of likely N-dealkylation sites (tertiary alicyclic amines) is 1. The molecule has 2 aromatic carbocycles. The van der Waals surface area contributed by atoms with Crippen LogP contribution in [0.2, 0.25) is 5.02 Å². The first-order chi connectivity index (χ1) is 14.4. The number of Topliss-reactive ketones (excluding diaryl/α,β-unsaturated/α-hetero) is 1. The van der Waals surface area contributed by atoms with Crippen LogP contribution in [0.5, 0.6) is 0 Å². The summed E-state index contributed by atoms with van der Waals surface area (Å²) in [6.45, 7) is 9.26. The van der Waals surface area contributed by atoms with Crippen molar-refractivity contribution >= 4 is 29.1 Å². The molecule has 6 heteroatoms. The van der Waals surface area contributed by atoms with Crippen molar-refractivity contribution in [2.75, 3.05) is 26.2 Å². The minimum Gasteiger partial charge on any atom is -0.507 e. The fourth-order valence-electron chi connectivity index (χ4n) is 3.85. The topological polar surface area (TPSA) is 62.0 Å². The Labute approximate surface area is 182 Å². The molecule has 0 bridgehead atoms. The summed E-state index contributed by atoms with van der Waals surface area (Å²) in [5.41, 5.74) is 2.48. The molecule has 3 rings (SSSR count). The molecule has 2 N–H and O–H groups in total. The first-order valence-corrected chi connectivity index (χ1v) is 10.7. The van der Waals surface area contributed by atoms with Crippen LogP contribution in [0.1, 0.15) is 36.6 Å². The van der Waals surface area contributed by atoms with Crippen molar-refractivity contribution in [3.8, 4) is 0 Å². The van der Waals surface area contributed by atoms with Crippen molar-refractivity contribution < 1.29 is 19.6 Å². The summed E-state index contributed by atoms with van der Waals surface area (Å²) in [7, 11) is 0. The number of carbonyl (C=O) groups is 2. The van der Waals surface area contributed by atoms with E-state index in [4.69, 9.17) is 11.6 Å². The van der Waals surface area contributed by atoms with Gasteiger partial charge in [-0.25, -0.2) is 0 Å². The van der Waals surface area contributed by atoms with E-state index < -0.39 is 17.7 Å². The summed E-state index contributed by atoms with van der Waals surface area (Å²) >= 11 is 5.96. The van der Waals surface area contributed by atoms with Gasteiger partial charge in [-0.3, -0.25) is 9.59 Å². The lowest BCUT2D eigenvalue weighted by molar-refractivity contribution is -0.895. The molecule has 1 saturated heterocycles. The molecule has 30 heavy (non-hydrogen) atoms. The van der Waals surface area contributed by atoms with Gasteiger partial charge in [-0.05, 0) is 50.6 Å². The summed E-state index contributed by atoms with van der Waals surface area (Å²) in [6, 6.07) is 13.7. The van der Waals surface area contributed by atoms with Crippen LogP contribution in [0.4, 0.5) is 0 Å². The summed E-state index contributed by atoms with van der Waals surface area (Å²) in [4.78, 5) is 28.9. The molecule has 0 saturated carbocycles. The van der Waals surface area contributed by atoms with Crippen molar-refractivity contribution in [3.05, 3.63) is 75.8 Å². The summed E-state index contributed by atoms with van der Waals surface area (Å²) < 4.78 is 0. The van der Waals surface area contributed by atoms with Crippen molar-refractivity contribution in [3.63, 3.8) is 0 Å². The lowest BCUT2D eigenvalue weighted by Crippen LogP contribution is -3.12. The predicted octanol–water partition coefficient (Wildman–Crippen LogP) is 2.99. The van der Waals surface area contributed by atoms with Gasteiger partial charge in [-0.1, -0.05) is 41.4 Å². The average Bonchev–Trinajstić information content (AvgIpc) is 3.00. The molecular formula is C24H28ClN2O3+. The molecule has 1 fully saturated rings. The van der Waals surface area contributed by atoms with Crippen molar-refractivity contribution in [2.24, 2.45) is 0 Å². The number of benzene rings is 2. The Morgan fingerprint density at radius 2 is 1.63 bits per heavy atom. The largest absolute Gasteiger partial charge is 0.507 e. The van der Waals surface area contributed by atoms with Crippen LogP contribution in [0.25, 0.3) is 5.76 Å². The van der Waals surface area contributed by atoms with E-state index in [2.05, 4.69) is 13.8 Å². The second-order valence-electron chi connectivity index (χ2n) is 7.62. The monoisotopic (exact) mass is 427 g/mol. The molecule has 2 aromatic rings. The van der Waals surface area contributed by atoms with Crippen molar-refractivity contribution in [2.45, 2.75) is 26.8 Å². The molecular weight excluding hydrogens is 400 g/mol. The minimum absolute atomic E-state index is 0.126. The van der Waals surface area contributed by atoms with Gasteiger partial charge in [0.1, 0.15) is 5.76 Å². The van der Waals surface area contributed by atoms with Crippen LogP contribution in [-0.4, -0.2) is 47.9 Å². The molecule has 1 atom stereocenters. The van der Waals surface area contributed by atoms with Crippen molar-refractivity contribution in [1.82, 2.24) is 4.90 Å².